The Bertz CT molecular complexity index is 818. The fourth-order valence-corrected chi connectivity index (χ4v) is 5.94. The molecule has 0 spiro atoms. The monoisotopic (exact) mass is 502 g/mol. The van der Waals surface area contributed by atoms with Crippen molar-refractivity contribution in [3.63, 3.8) is 0 Å². The summed E-state index contributed by atoms with van der Waals surface area (Å²) in [6.45, 7) is 28.1. The molecule has 0 heterocycles. The maximum absolute atomic E-state index is 12.5. The van der Waals surface area contributed by atoms with Gasteiger partial charge in [0.2, 0.25) is 0 Å². The van der Waals surface area contributed by atoms with Crippen molar-refractivity contribution in [2.45, 2.75) is 143 Å². The second kappa shape index (κ2) is 12.0. The van der Waals surface area contributed by atoms with Gasteiger partial charge in [0.25, 0.3) is 0 Å². The molecule has 35 heavy (non-hydrogen) atoms. The first-order valence-corrected chi connectivity index (χ1v) is 17.0. The fourth-order valence-electron chi connectivity index (χ4n) is 4.85. The normalized spacial score (nSPS) is 20.1. The van der Waals surface area contributed by atoms with Gasteiger partial charge in [-0.05, 0) is 77.9 Å². The van der Waals surface area contributed by atoms with Crippen LogP contribution < -0.4 is 0 Å². The third-order valence-electron chi connectivity index (χ3n) is 8.41. The van der Waals surface area contributed by atoms with Crippen LogP contribution in [-0.4, -0.2) is 26.8 Å². The van der Waals surface area contributed by atoms with E-state index in [1.165, 1.54) is 22.3 Å². The van der Waals surface area contributed by atoms with E-state index < -0.39 is 8.32 Å². The van der Waals surface area contributed by atoms with Crippen molar-refractivity contribution < 1.29 is 14.0 Å². The molecule has 2 rings (SSSR count). The van der Waals surface area contributed by atoms with E-state index in [0.717, 1.165) is 25.9 Å². The summed E-state index contributed by atoms with van der Waals surface area (Å²) in [6.07, 6.45) is 3.56. The molecular weight excluding hydrogens is 448 g/mol. The van der Waals surface area contributed by atoms with E-state index in [2.05, 4.69) is 94.5 Å². The summed E-state index contributed by atoms with van der Waals surface area (Å²) < 4.78 is 13.0. The van der Waals surface area contributed by atoms with Crippen molar-refractivity contribution in [1.29, 1.82) is 0 Å². The molecular formula is C31H54O3Si. The molecule has 200 valence electrons. The van der Waals surface area contributed by atoms with Crippen LogP contribution in [0.1, 0.15) is 141 Å². The lowest BCUT2D eigenvalue weighted by atomic mass is 9.76. The van der Waals surface area contributed by atoms with Crippen LogP contribution in [0.2, 0.25) is 18.1 Å². The van der Waals surface area contributed by atoms with E-state index in [1.54, 1.807) is 0 Å². The van der Waals surface area contributed by atoms with Gasteiger partial charge in [0, 0.05) is 18.9 Å². The van der Waals surface area contributed by atoms with Crippen molar-refractivity contribution in [2.24, 2.45) is 5.92 Å². The zero-order chi connectivity index (χ0) is 26.7. The first kappa shape index (κ1) is 30.3. The summed E-state index contributed by atoms with van der Waals surface area (Å²) in [7, 11) is -1.70. The molecule has 3 nitrogen and oxygen atoms in total. The Balaban J connectivity index is 2.05. The molecule has 0 amide bonds. The van der Waals surface area contributed by atoms with Crippen molar-refractivity contribution in [2.75, 3.05) is 6.61 Å². The fraction of sp³-hybridized carbons (Fsp3) is 0.774. The molecule has 0 saturated heterocycles. The van der Waals surface area contributed by atoms with Gasteiger partial charge in [0.1, 0.15) is 5.78 Å². The number of rotatable bonds is 12. The average molecular weight is 503 g/mol. The highest BCUT2D eigenvalue weighted by Crippen LogP contribution is 2.41. The quantitative estimate of drug-likeness (QED) is 0.211. The number of carbonyl (C=O) groups is 1. The highest BCUT2D eigenvalue weighted by Gasteiger charge is 2.41. The Hall–Kier alpha value is -0.973. The van der Waals surface area contributed by atoms with Gasteiger partial charge in [-0.1, -0.05) is 80.9 Å². The predicted octanol–water partition coefficient (Wildman–Crippen LogP) is 9.28. The first-order valence-electron chi connectivity index (χ1n) is 14.1. The van der Waals surface area contributed by atoms with Gasteiger partial charge in [0.05, 0.1) is 12.2 Å². The van der Waals surface area contributed by atoms with Crippen LogP contribution in [0.4, 0.5) is 0 Å². The largest absolute Gasteiger partial charge is 0.417 e. The van der Waals surface area contributed by atoms with E-state index in [4.69, 9.17) is 9.16 Å². The standard InChI is InChI=1S/C31H54O3Si/c1-20(2)24-17-26(21(3)4)30(27(18-24)22(5)6)23(7)34-29-19-28(32)25(29)15-13-14-16-33-35(11,12)31(8,9)10/h17-18,20-23,25,29H,13-16,19H2,1-12H3/t23-,25-,29+/m1/s1. The molecule has 0 aliphatic heterocycles. The summed E-state index contributed by atoms with van der Waals surface area (Å²) in [4.78, 5) is 12.5. The Morgan fingerprint density at radius 2 is 1.46 bits per heavy atom. The minimum Gasteiger partial charge on any atom is -0.417 e. The number of ether oxygens (including phenoxy) is 1. The maximum atomic E-state index is 12.5. The summed E-state index contributed by atoms with van der Waals surface area (Å²) in [5.41, 5.74) is 5.56. The highest BCUT2D eigenvalue weighted by atomic mass is 28.4. The van der Waals surface area contributed by atoms with Crippen molar-refractivity contribution in [3.05, 3.63) is 34.4 Å². The highest BCUT2D eigenvalue weighted by molar-refractivity contribution is 6.74. The van der Waals surface area contributed by atoms with E-state index in [9.17, 15) is 4.79 Å². The van der Waals surface area contributed by atoms with E-state index >= 15 is 0 Å². The minimum absolute atomic E-state index is 0.00599. The van der Waals surface area contributed by atoms with Crippen LogP contribution in [0.5, 0.6) is 0 Å². The summed E-state index contributed by atoms with van der Waals surface area (Å²) >= 11 is 0. The number of carbonyl (C=O) groups excluding carboxylic acids is 1. The Kier molecular flexibility index (Phi) is 10.4. The van der Waals surface area contributed by atoms with Gasteiger partial charge >= 0.3 is 0 Å². The summed E-state index contributed by atoms with van der Waals surface area (Å²) in [5, 5.41) is 0.239. The van der Waals surface area contributed by atoms with Gasteiger partial charge in [-0.15, -0.1) is 0 Å². The molecule has 1 fully saturated rings. The second-order valence-corrected chi connectivity index (χ2v) is 18.1. The van der Waals surface area contributed by atoms with Crippen LogP contribution >= 0.6 is 0 Å². The molecule has 0 unspecified atom stereocenters. The van der Waals surface area contributed by atoms with Crippen LogP contribution in [0, 0.1) is 5.92 Å². The maximum Gasteiger partial charge on any atom is 0.191 e. The number of hydrogen-bond donors (Lipinski definition) is 0. The molecule has 0 N–H and O–H groups in total. The predicted molar refractivity (Wildman–Crippen MR) is 152 cm³/mol. The number of Topliss-reactive ketones (excluding diaryl/α,β-unsaturated/α-hetero) is 1. The van der Waals surface area contributed by atoms with Gasteiger partial charge in [0.15, 0.2) is 8.32 Å². The molecule has 3 atom stereocenters. The number of ketones is 1. The van der Waals surface area contributed by atoms with Crippen molar-refractivity contribution in [1.82, 2.24) is 0 Å². The molecule has 1 aliphatic rings. The Labute approximate surface area is 217 Å². The molecule has 0 bridgehead atoms. The lowest BCUT2D eigenvalue weighted by Crippen LogP contribution is -2.44. The van der Waals surface area contributed by atoms with Crippen LogP contribution in [0.15, 0.2) is 12.1 Å². The van der Waals surface area contributed by atoms with E-state index in [1.807, 2.05) is 0 Å². The zero-order valence-corrected chi connectivity index (χ0v) is 25.9. The first-order chi connectivity index (χ1) is 16.1. The van der Waals surface area contributed by atoms with Crippen LogP contribution in [-0.2, 0) is 14.0 Å². The average Bonchev–Trinajstić information content (AvgIpc) is 2.73. The molecule has 1 aliphatic carbocycles. The Morgan fingerprint density at radius 3 is 1.89 bits per heavy atom. The lowest BCUT2D eigenvalue weighted by Gasteiger charge is -2.38. The number of unbranched alkanes of at least 4 members (excludes halogenated alkanes) is 1. The van der Waals surface area contributed by atoms with Gasteiger partial charge in [-0.2, -0.15) is 0 Å². The third-order valence-corrected chi connectivity index (χ3v) is 12.9. The van der Waals surface area contributed by atoms with E-state index in [-0.39, 0.29) is 23.2 Å². The minimum atomic E-state index is -1.70. The summed E-state index contributed by atoms with van der Waals surface area (Å²) in [5.74, 6) is 1.80. The van der Waals surface area contributed by atoms with E-state index in [0.29, 0.717) is 30.0 Å². The second-order valence-electron chi connectivity index (χ2n) is 13.3. The molecule has 1 aromatic rings. The zero-order valence-electron chi connectivity index (χ0n) is 24.9. The molecule has 1 aromatic carbocycles. The van der Waals surface area contributed by atoms with Gasteiger partial charge in [-0.25, -0.2) is 0 Å². The SMILES string of the molecule is CC(C)c1cc(C(C)C)c([C@@H](C)O[C@H]2CC(=O)[C@H]2CCCCO[Si](C)(C)C(C)(C)C)c(C(C)C)c1. The Morgan fingerprint density at radius 1 is 0.914 bits per heavy atom. The summed E-state index contributed by atoms with van der Waals surface area (Å²) in [6, 6.07) is 4.78. The molecule has 4 heteroatoms. The third kappa shape index (κ3) is 7.52. The lowest BCUT2D eigenvalue weighted by molar-refractivity contribution is -0.151. The number of benzene rings is 1. The van der Waals surface area contributed by atoms with Gasteiger partial charge in [-0.3, -0.25) is 4.79 Å². The van der Waals surface area contributed by atoms with Crippen molar-refractivity contribution in [3.8, 4) is 0 Å². The van der Waals surface area contributed by atoms with Gasteiger partial charge < -0.3 is 9.16 Å². The topological polar surface area (TPSA) is 35.5 Å². The van der Waals surface area contributed by atoms with Crippen LogP contribution in [0.3, 0.4) is 0 Å². The van der Waals surface area contributed by atoms with Crippen molar-refractivity contribution >= 4 is 14.1 Å². The molecule has 0 radical (unpaired) electrons. The smallest absolute Gasteiger partial charge is 0.191 e. The molecule has 0 aromatic heterocycles. The van der Waals surface area contributed by atoms with Crippen LogP contribution in [0.25, 0.3) is 0 Å². The number of hydrogen-bond acceptors (Lipinski definition) is 3. The molecule has 1 saturated carbocycles.